The van der Waals surface area contributed by atoms with Crippen LogP contribution in [0.15, 0.2) is 18.2 Å². The van der Waals surface area contributed by atoms with Gasteiger partial charge in [0.25, 0.3) is 0 Å². The van der Waals surface area contributed by atoms with E-state index in [2.05, 4.69) is 30.9 Å². The van der Waals surface area contributed by atoms with Crippen LogP contribution in [0.2, 0.25) is 10.0 Å². The molecule has 0 heterocycles. The molecular weight excluding hydrogens is 269 g/mol. The molecule has 5 heteroatoms. The van der Waals surface area contributed by atoms with E-state index in [-0.39, 0.29) is 6.04 Å². The van der Waals surface area contributed by atoms with Gasteiger partial charge in [0, 0.05) is 35.7 Å². The zero-order valence-electron chi connectivity index (χ0n) is 11.2. The van der Waals surface area contributed by atoms with Gasteiger partial charge in [0.05, 0.1) is 0 Å². The van der Waals surface area contributed by atoms with Gasteiger partial charge in [-0.1, -0.05) is 23.2 Å². The van der Waals surface area contributed by atoms with Crippen LogP contribution in [0.25, 0.3) is 0 Å². The van der Waals surface area contributed by atoms with Crippen LogP contribution in [0.1, 0.15) is 11.6 Å². The summed E-state index contributed by atoms with van der Waals surface area (Å²) in [6.07, 6.45) is 0. The number of nitrogens with zero attached hydrogens (tertiary/aromatic N) is 2. The normalized spacial score (nSPS) is 13.3. The molecular formula is C13H21Cl2N3. The lowest BCUT2D eigenvalue weighted by Gasteiger charge is -2.28. The lowest BCUT2D eigenvalue weighted by Crippen LogP contribution is -2.35. The molecule has 0 amide bonds. The van der Waals surface area contributed by atoms with E-state index in [9.17, 15) is 0 Å². The summed E-state index contributed by atoms with van der Waals surface area (Å²) in [6.45, 7) is 2.47. The van der Waals surface area contributed by atoms with Crippen molar-refractivity contribution >= 4 is 23.2 Å². The van der Waals surface area contributed by atoms with Gasteiger partial charge < -0.3 is 10.6 Å². The lowest BCUT2D eigenvalue weighted by atomic mass is 10.1. The molecule has 0 aliphatic heterocycles. The zero-order chi connectivity index (χ0) is 13.7. The first kappa shape index (κ1) is 15.7. The van der Waals surface area contributed by atoms with Gasteiger partial charge in [0.15, 0.2) is 0 Å². The molecule has 2 N–H and O–H groups in total. The molecule has 1 rings (SSSR count). The average Bonchev–Trinajstić information content (AvgIpc) is 2.26. The molecule has 1 aromatic rings. The van der Waals surface area contributed by atoms with Gasteiger partial charge in [0.2, 0.25) is 0 Å². The molecule has 0 aliphatic carbocycles. The number of halogens is 2. The van der Waals surface area contributed by atoms with Crippen molar-refractivity contribution in [1.29, 1.82) is 0 Å². The predicted octanol–water partition coefficient (Wildman–Crippen LogP) is 2.49. The van der Waals surface area contributed by atoms with E-state index >= 15 is 0 Å². The second-order valence-corrected chi connectivity index (χ2v) is 5.61. The Bertz CT molecular complexity index is 362. The van der Waals surface area contributed by atoms with E-state index in [0.717, 1.165) is 18.7 Å². The maximum Gasteiger partial charge on any atom is 0.0469 e. The van der Waals surface area contributed by atoms with Crippen LogP contribution in [-0.4, -0.2) is 50.6 Å². The van der Waals surface area contributed by atoms with Crippen molar-refractivity contribution in [2.24, 2.45) is 5.73 Å². The fourth-order valence-corrected chi connectivity index (χ4v) is 2.39. The molecule has 1 aromatic carbocycles. The summed E-state index contributed by atoms with van der Waals surface area (Å²) in [5.41, 5.74) is 6.94. The van der Waals surface area contributed by atoms with Gasteiger partial charge in [-0.25, -0.2) is 0 Å². The first-order chi connectivity index (χ1) is 8.43. The van der Waals surface area contributed by atoms with Crippen LogP contribution in [0.4, 0.5) is 0 Å². The first-order valence-electron chi connectivity index (χ1n) is 5.95. The fraction of sp³-hybridized carbons (Fsp3) is 0.538. The molecule has 0 radical (unpaired) electrons. The van der Waals surface area contributed by atoms with Crippen molar-refractivity contribution < 1.29 is 0 Å². The summed E-state index contributed by atoms with van der Waals surface area (Å²) < 4.78 is 0. The molecule has 3 nitrogen and oxygen atoms in total. The Labute approximate surface area is 119 Å². The average molecular weight is 290 g/mol. The third kappa shape index (κ3) is 4.75. The molecule has 102 valence electrons. The Hall–Kier alpha value is -0.320. The van der Waals surface area contributed by atoms with Crippen LogP contribution in [-0.2, 0) is 0 Å². The predicted molar refractivity (Wildman–Crippen MR) is 79.4 cm³/mol. The summed E-state index contributed by atoms with van der Waals surface area (Å²) in [4.78, 5) is 4.37. The minimum Gasteiger partial charge on any atom is -0.329 e. The maximum atomic E-state index is 6.03. The number of hydrogen-bond acceptors (Lipinski definition) is 3. The monoisotopic (exact) mass is 289 g/mol. The van der Waals surface area contributed by atoms with Crippen molar-refractivity contribution in [3.05, 3.63) is 33.8 Å². The largest absolute Gasteiger partial charge is 0.329 e. The lowest BCUT2D eigenvalue weighted by molar-refractivity contribution is 0.223. The smallest absolute Gasteiger partial charge is 0.0469 e. The molecule has 18 heavy (non-hydrogen) atoms. The number of hydrogen-bond donors (Lipinski definition) is 1. The maximum absolute atomic E-state index is 6.03. The Morgan fingerprint density at radius 2 is 1.61 bits per heavy atom. The van der Waals surface area contributed by atoms with Crippen LogP contribution < -0.4 is 5.73 Å². The van der Waals surface area contributed by atoms with Crippen molar-refractivity contribution in [2.45, 2.75) is 6.04 Å². The summed E-state index contributed by atoms with van der Waals surface area (Å²) in [7, 11) is 6.18. The van der Waals surface area contributed by atoms with Crippen LogP contribution in [0, 0.1) is 0 Å². The molecule has 1 atom stereocenters. The zero-order valence-corrected chi connectivity index (χ0v) is 12.7. The molecule has 0 aromatic heterocycles. The van der Waals surface area contributed by atoms with Gasteiger partial charge in [-0.3, -0.25) is 4.90 Å². The Kier molecular flexibility index (Phi) is 6.39. The third-order valence-electron chi connectivity index (χ3n) is 2.92. The highest BCUT2D eigenvalue weighted by Gasteiger charge is 2.16. The van der Waals surface area contributed by atoms with E-state index in [4.69, 9.17) is 28.9 Å². The van der Waals surface area contributed by atoms with Crippen molar-refractivity contribution in [3.8, 4) is 0 Å². The highest BCUT2D eigenvalue weighted by atomic mass is 35.5. The molecule has 0 aliphatic rings. The van der Waals surface area contributed by atoms with Crippen LogP contribution >= 0.6 is 23.2 Å². The van der Waals surface area contributed by atoms with Crippen molar-refractivity contribution in [3.63, 3.8) is 0 Å². The third-order valence-corrected chi connectivity index (χ3v) is 3.36. The Morgan fingerprint density at radius 1 is 1.06 bits per heavy atom. The van der Waals surface area contributed by atoms with Crippen LogP contribution in [0.5, 0.6) is 0 Å². The molecule has 1 unspecified atom stereocenters. The quantitative estimate of drug-likeness (QED) is 0.873. The summed E-state index contributed by atoms with van der Waals surface area (Å²) in [5, 5.41) is 1.30. The van der Waals surface area contributed by atoms with E-state index in [1.807, 2.05) is 12.1 Å². The highest BCUT2D eigenvalue weighted by molar-refractivity contribution is 6.34. The number of benzene rings is 1. The van der Waals surface area contributed by atoms with E-state index < -0.39 is 0 Å². The van der Waals surface area contributed by atoms with E-state index in [1.54, 1.807) is 6.07 Å². The standard InChI is InChI=1S/C13H21Cl2N3/c1-17(2)4-5-18(3)13(9-16)10-6-11(14)8-12(15)7-10/h6-8,13H,4-5,9,16H2,1-3H3. The van der Waals surface area contributed by atoms with Gasteiger partial charge in [-0.2, -0.15) is 0 Å². The van der Waals surface area contributed by atoms with Crippen LogP contribution in [0.3, 0.4) is 0 Å². The van der Waals surface area contributed by atoms with Crippen molar-refractivity contribution in [2.75, 3.05) is 40.8 Å². The minimum absolute atomic E-state index is 0.140. The first-order valence-corrected chi connectivity index (χ1v) is 6.70. The minimum atomic E-state index is 0.140. The number of likely N-dealkylation sites (N-methyl/N-ethyl adjacent to an activating group) is 2. The summed E-state index contributed by atoms with van der Waals surface area (Å²) >= 11 is 12.1. The van der Waals surface area contributed by atoms with Crippen molar-refractivity contribution in [1.82, 2.24) is 9.80 Å². The second-order valence-electron chi connectivity index (χ2n) is 4.74. The highest BCUT2D eigenvalue weighted by Crippen LogP contribution is 2.25. The van der Waals surface area contributed by atoms with E-state index in [1.165, 1.54) is 0 Å². The molecule has 0 bridgehead atoms. The SMILES string of the molecule is CN(C)CCN(C)C(CN)c1cc(Cl)cc(Cl)c1. The van der Waals surface area contributed by atoms with Gasteiger partial charge in [-0.05, 0) is 44.9 Å². The molecule has 0 saturated carbocycles. The Balaban J connectivity index is 2.81. The van der Waals surface area contributed by atoms with E-state index in [0.29, 0.717) is 16.6 Å². The van der Waals surface area contributed by atoms with Gasteiger partial charge in [-0.15, -0.1) is 0 Å². The number of rotatable bonds is 6. The second kappa shape index (κ2) is 7.31. The van der Waals surface area contributed by atoms with Gasteiger partial charge >= 0.3 is 0 Å². The molecule has 0 spiro atoms. The summed E-state index contributed by atoms with van der Waals surface area (Å²) in [5.74, 6) is 0. The molecule has 0 saturated heterocycles. The topological polar surface area (TPSA) is 32.5 Å². The molecule has 0 fully saturated rings. The van der Waals surface area contributed by atoms with Gasteiger partial charge in [0.1, 0.15) is 0 Å². The summed E-state index contributed by atoms with van der Waals surface area (Å²) in [6, 6.07) is 5.73. The Morgan fingerprint density at radius 3 is 2.06 bits per heavy atom. The fourth-order valence-electron chi connectivity index (χ4n) is 1.85. The number of nitrogens with two attached hydrogens (primary N) is 1.